The van der Waals surface area contributed by atoms with E-state index in [2.05, 4.69) is 28.8 Å². The first kappa shape index (κ1) is 12.4. The third-order valence-electron chi connectivity index (χ3n) is 2.78. The number of carbonyl (C=O) groups excluding carboxylic acids is 1. The fourth-order valence-electron chi connectivity index (χ4n) is 1.73. The SMILES string of the molecule is CCC(=O)OCCc1ccc(-n2cccc2)cc1. The van der Waals surface area contributed by atoms with Crippen LogP contribution in [0, 0.1) is 0 Å². The highest BCUT2D eigenvalue weighted by Gasteiger charge is 1.99. The molecule has 0 aliphatic heterocycles. The predicted molar refractivity (Wildman–Crippen MR) is 70.7 cm³/mol. The normalized spacial score (nSPS) is 10.3. The molecule has 0 amide bonds. The number of carbonyl (C=O) groups is 1. The fraction of sp³-hybridized carbons (Fsp3) is 0.267. The van der Waals surface area contributed by atoms with Crippen molar-refractivity contribution < 1.29 is 9.53 Å². The summed E-state index contributed by atoms with van der Waals surface area (Å²) in [5, 5.41) is 0. The minimum atomic E-state index is -0.140. The van der Waals surface area contributed by atoms with E-state index in [4.69, 9.17) is 4.74 Å². The van der Waals surface area contributed by atoms with Gasteiger partial charge in [-0.2, -0.15) is 0 Å². The summed E-state index contributed by atoms with van der Waals surface area (Å²) in [6, 6.07) is 12.3. The van der Waals surface area contributed by atoms with Crippen LogP contribution in [-0.2, 0) is 16.0 Å². The number of ether oxygens (including phenoxy) is 1. The average Bonchev–Trinajstić information content (AvgIpc) is 2.93. The Hall–Kier alpha value is -2.03. The highest BCUT2D eigenvalue weighted by Crippen LogP contribution is 2.10. The van der Waals surface area contributed by atoms with Gasteiger partial charge >= 0.3 is 5.97 Å². The van der Waals surface area contributed by atoms with Crippen LogP contribution in [0.5, 0.6) is 0 Å². The van der Waals surface area contributed by atoms with E-state index in [9.17, 15) is 4.79 Å². The number of benzene rings is 1. The lowest BCUT2D eigenvalue weighted by atomic mass is 10.1. The molecule has 18 heavy (non-hydrogen) atoms. The second-order valence-corrected chi connectivity index (χ2v) is 4.08. The van der Waals surface area contributed by atoms with Crippen molar-refractivity contribution in [2.24, 2.45) is 0 Å². The van der Waals surface area contributed by atoms with Gasteiger partial charge in [-0.25, -0.2) is 0 Å². The molecule has 2 aromatic rings. The standard InChI is InChI=1S/C15H17NO2/c1-2-15(17)18-12-9-13-5-7-14(8-6-13)16-10-3-4-11-16/h3-8,10-11H,2,9,12H2,1H3. The molecule has 94 valence electrons. The topological polar surface area (TPSA) is 31.2 Å². The zero-order valence-electron chi connectivity index (χ0n) is 10.5. The van der Waals surface area contributed by atoms with E-state index < -0.39 is 0 Å². The Morgan fingerprint density at radius 1 is 1.17 bits per heavy atom. The smallest absolute Gasteiger partial charge is 0.305 e. The molecule has 0 saturated carbocycles. The van der Waals surface area contributed by atoms with Crippen LogP contribution in [0.4, 0.5) is 0 Å². The molecule has 1 aromatic heterocycles. The lowest BCUT2D eigenvalue weighted by molar-refractivity contribution is -0.143. The van der Waals surface area contributed by atoms with E-state index >= 15 is 0 Å². The van der Waals surface area contributed by atoms with E-state index in [0.29, 0.717) is 13.0 Å². The number of rotatable bonds is 5. The van der Waals surface area contributed by atoms with Crippen LogP contribution in [-0.4, -0.2) is 17.1 Å². The number of aromatic nitrogens is 1. The largest absolute Gasteiger partial charge is 0.465 e. The first-order chi connectivity index (χ1) is 8.79. The Labute approximate surface area is 107 Å². The lowest BCUT2D eigenvalue weighted by Gasteiger charge is -2.06. The summed E-state index contributed by atoms with van der Waals surface area (Å²) >= 11 is 0. The minimum Gasteiger partial charge on any atom is -0.465 e. The Kier molecular flexibility index (Phi) is 4.18. The quantitative estimate of drug-likeness (QED) is 0.756. The number of hydrogen-bond donors (Lipinski definition) is 0. The van der Waals surface area contributed by atoms with Crippen LogP contribution >= 0.6 is 0 Å². The van der Waals surface area contributed by atoms with Gasteiger partial charge in [0.05, 0.1) is 6.61 Å². The van der Waals surface area contributed by atoms with Crippen LogP contribution in [0.15, 0.2) is 48.8 Å². The molecule has 0 aliphatic rings. The van der Waals surface area contributed by atoms with Gasteiger partial charge in [0.25, 0.3) is 0 Å². The summed E-state index contributed by atoms with van der Waals surface area (Å²) < 4.78 is 7.11. The van der Waals surface area contributed by atoms with E-state index in [0.717, 1.165) is 12.1 Å². The molecular weight excluding hydrogens is 226 g/mol. The summed E-state index contributed by atoms with van der Waals surface area (Å²) in [4.78, 5) is 11.0. The van der Waals surface area contributed by atoms with Gasteiger partial charge in [0.1, 0.15) is 0 Å². The van der Waals surface area contributed by atoms with Crippen LogP contribution in [0.3, 0.4) is 0 Å². The van der Waals surface area contributed by atoms with Gasteiger partial charge < -0.3 is 9.30 Å². The molecular formula is C15H17NO2. The summed E-state index contributed by atoms with van der Waals surface area (Å²) in [6.45, 7) is 2.25. The molecule has 0 unspecified atom stereocenters. The summed E-state index contributed by atoms with van der Waals surface area (Å²) in [5.41, 5.74) is 2.31. The first-order valence-electron chi connectivity index (χ1n) is 6.17. The third-order valence-corrected chi connectivity index (χ3v) is 2.78. The van der Waals surface area contributed by atoms with E-state index in [-0.39, 0.29) is 5.97 Å². The number of nitrogens with zero attached hydrogens (tertiary/aromatic N) is 1. The van der Waals surface area contributed by atoms with Gasteiger partial charge in [-0.05, 0) is 29.8 Å². The second-order valence-electron chi connectivity index (χ2n) is 4.08. The fourth-order valence-corrected chi connectivity index (χ4v) is 1.73. The predicted octanol–water partition coefficient (Wildman–Crippen LogP) is 2.97. The molecule has 1 heterocycles. The summed E-state index contributed by atoms with van der Waals surface area (Å²) in [6.07, 6.45) is 5.22. The van der Waals surface area contributed by atoms with Crippen molar-refractivity contribution >= 4 is 5.97 Å². The average molecular weight is 243 g/mol. The highest BCUT2D eigenvalue weighted by atomic mass is 16.5. The van der Waals surface area contributed by atoms with Crippen molar-refractivity contribution in [3.05, 3.63) is 54.4 Å². The maximum Gasteiger partial charge on any atom is 0.305 e. The zero-order valence-corrected chi connectivity index (χ0v) is 10.5. The van der Waals surface area contributed by atoms with Gasteiger partial charge in [0.15, 0.2) is 0 Å². The Balaban J connectivity index is 1.90. The molecule has 0 N–H and O–H groups in total. The Morgan fingerprint density at radius 3 is 2.44 bits per heavy atom. The van der Waals surface area contributed by atoms with Gasteiger partial charge in [-0.3, -0.25) is 4.79 Å². The molecule has 0 fully saturated rings. The van der Waals surface area contributed by atoms with Crippen molar-refractivity contribution in [3.8, 4) is 5.69 Å². The van der Waals surface area contributed by atoms with Crippen LogP contribution in [0.2, 0.25) is 0 Å². The summed E-state index contributed by atoms with van der Waals surface area (Å²) in [7, 11) is 0. The van der Waals surface area contributed by atoms with Crippen molar-refractivity contribution in [2.45, 2.75) is 19.8 Å². The monoisotopic (exact) mass is 243 g/mol. The number of esters is 1. The lowest BCUT2D eigenvalue weighted by Crippen LogP contribution is -2.06. The highest BCUT2D eigenvalue weighted by molar-refractivity contribution is 5.68. The van der Waals surface area contributed by atoms with Gasteiger partial charge in [0.2, 0.25) is 0 Å². The number of hydrogen-bond acceptors (Lipinski definition) is 2. The molecule has 2 rings (SSSR count). The minimum absolute atomic E-state index is 0.140. The van der Waals surface area contributed by atoms with Gasteiger partial charge in [0, 0.05) is 30.9 Å². The van der Waals surface area contributed by atoms with E-state index in [1.54, 1.807) is 6.92 Å². The zero-order chi connectivity index (χ0) is 12.8. The molecule has 0 atom stereocenters. The van der Waals surface area contributed by atoms with E-state index in [1.165, 1.54) is 5.56 Å². The van der Waals surface area contributed by atoms with Gasteiger partial charge in [-0.1, -0.05) is 19.1 Å². The van der Waals surface area contributed by atoms with Crippen molar-refractivity contribution in [3.63, 3.8) is 0 Å². The Morgan fingerprint density at radius 2 is 1.83 bits per heavy atom. The van der Waals surface area contributed by atoms with Crippen molar-refractivity contribution in [1.29, 1.82) is 0 Å². The Bertz CT molecular complexity index is 486. The summed E-state index contributed by atoms with van der Waals surface area (Å²) in [5.74, 6) is -0.140. The second kappa shape index (κ2) is 6.05. The molecule has 3 nitrogen and oxygen atoms in total. The molecule has 0 bridgehead atoms. The maximum absolute atomic E-state index is 11.0. The van der Waals surface area contributed by atoms with Crippen LogP contribution < -0.4 is 0 Å². The van der Waals surface area contributed by atoms with Gasteiger partial charge in [-0.15, -0.1) is 0 Å². The molecule has 0 saturated heterocycles. The third kappa shape index (κ3) is 3.23. The van der Waals surface area contributed by atoms with Crippen LogP contribution in [0.25, 0.3) is 5.69 Å². The van der Waals surface area contributed by atoms with E-state index in [1.807, 2.05) is 24.5 Å². The molecule has 0 aliphatic carbocycles. The molecule has 0 spiro atoms. The molecule has 3 heteroatoms. The maximum atomic E-state index is 11.0. The van der Waals surface area contributed by atoms with Crippen molar-refractivity contribution in [2.75, 3.05) is 6.61 Å². The van der Waals surface area contributed by atoms with Crippen molar-refractivity contribution in [1.82, 2.24) is 4.57 Å². The van der Waals surface area contributed by atoms with Crippen LogP contribution in [0.1, 0.15) is 18.9 Å². The first-order valence-corrected chi connectivity index (χ1v) is 6.17. The molecule has 1 aromatic carbocycles. The molecule has 0 radical (unpaired) electrons.